The Bertz CT molecular complexity index is 1110. The van der Waals surface area contributed by atoms with Crippen LogP contribution in [0, 0.1) is 6.92 Å². The number of thioether (sulfide) groups is 1. The average molecular weight is 472 g/mol. The van der Waals surface area contributed by atoms with Crippen molar-refractivity contribution in [1.82, 2.24) is 19.7 Å². The Morgan fingerprint density at radius 3 is 2.69 bits per heavy atom. The van der Waals surface area contributed by atoms with Crippen molar-refractivity contribution in [2.45, 2.75) is 38.9 Å². The van der Waals surface area contributed by atoms with Crippen molar-refractivity contribution in [3.8, 4) is 11.4 Å². The lowest BCUT2D eigenvalue weighted by Gasteiger charge is -2.09. The number of aryl methyl sites for hydroxylation is 1. The zero-order valence-electron chi connectivity index (χ0n) is 18.3. The Labute approximate surface area is 195 Å². The number of carbonyl (C=O) groups excluding carboxylic acids is 2. The summed E-state index contributed by atoms with van der Waals surface area (Å²) < 4.78 is 7.08. The smallest absolute Gasteiger partial charge is 0.341 e. The van der Waals surface area contributed by atoms with Gasteiger partial charge in [-0.2, -0.15) is 0 Å². The van der Waals surface area contributed by atoms with Crippen molar-refractivity contribution in [1.29, 1.82) is 0 Å². The predicted octanol–water partition coefficient (Wildman–Crippen LogP) is 4.37. The summed E-state index contributed by atoms with van der Waals surface area (Å²) in [7, 11) is 0. The SMILES string of the molecule is C=CCn1c(SCC(=O)Nc2sc(CC)c(C)c2C(=O)OCC)nnc1-c1ccncc1. The van der Waals surface area contributed by atoms with E-state index in [9.17, 15) is 9.59 Å². The highest BCUT2D eigenvalue weighted by molar-refractivity contribution is 7.99. The van der Waals surface area contributed by atoms with E-state index in [4.69, 9.17) is 4.74 Å². The largest absolute Gasteiger partial charge is 0.462 e. The second-order valence-electron chi connectivity index (χ2n) is 6.71. The first-order valence-corrected chi connectivity index (χ1v) is 12.0. The molecule has 168 valence electrons. The summed E-state index contributed by atoms with van der Waals surface area (Å²) in [6, 6.07) is 3.71. The van der Waals surface area contributed by atoms with Gasteiger partial charge in [-0.05, 0) is 38.0 Å². The van der Waals surface area contributed by atoms with E-state index in [-0.39, 0.29) is 18.3 Å². The van der Waals surface area contributed by atoms with Gasteiger partial charge in [-0.1, -0.05) is 24.8 Å². The highest BCUT2D eigenvalue weighted by Crippen LogP contribution is 2.34. The fourth-order valence-corrected chi connectivity index (χ4v) is 5.03. The van der Waals surface area contributed by atoms with Crippen LogP contribution < -0.4 is 5.32 Å². The number of hydrogen-bond donors (Lipinski definition) is 1. The van der Waals surface area contributed by atoms with Crippen LogP contribution in [0.5, 0.6) is 0 Å². The molecule has 8 nitrogen and oxygen atoms in total. The van der Waals surface area contributed by atoms with E-state index in [0.29, 0.717) is 28.1 Å². The third-order valence-electron chi connectivity index (χ3n) is 4.60. The highest BCUT2D eigenvalue weighted by atomic mass is 32.2. The number of aromatic nitrogens is 4. The fourth-order valence-electron chi connectivity index (χ4n) is 3.13. The van der Waals surface area contributed by atoms with Crippen LogP contribution in [0.1, 0.15) is 34.6 Å². The number of allylic oxidation sites excluding steroid dienone is 1. The number of thiophene rings is 1. The molecule has 0 saturated heterocycles. The molecule has 0 aliphatic rings. The molecule has 3 heterocycles. The summed E-state index contributed by atoms with van der Waals surface area (Å²) in [5.41, 5.74) is 2.17. The number of nitrogens with one attached hydrogen (secondary N) is 1. The number of ether oxygens (including phenoxy) is 1. The van der Waals surface area contributed by atoms with Crippen molar-refractivity contribution in [2.24, 2.45) is 0 Å². The van der Waals surface area contributed by atoms with Gasteiger partial charge in [-0.15, -0.1) is 28.1 Å². The molecule has 3 aromatic heterocycles. The summed E-state index contributed by atoms with van der Waals surface area (Å²) in [5, 5.41) is 12.5. The zero-order valence-corrected chi connectivity index (χ0v) is 19.9. The molecule has 0 spiro atoms. The summed E-state index contributed by atoms with van der Waals surface area (Å²) in [5.74, 6) is 0.146. The number of pyridine rings is 1. The minimum atomic E-state index is -0.420. The Kier molecular flexibility index (Phi) is 8.18. The van der Waals surface area contributed by atoms with Gasteiger partial charge in [-0.25, -0.2) is 4.79 Å². The Morgan fingerprint density at radius 1 is 1.28 bits per heavy atom. The molecule has 1 amide bonds. The highest BCUT2D eigenvalue weighted by Gasteiger charge is 2.23. The lowest BCUT2D eigenvalue weighted by atomic mass is 10.1. The molecule has 0 aliphatic carbocycles. The maximum Gasteiger partial charge on any atom is 0.341 e. The second-order valence-corrected chi connectivity index (χ2v) is 8.75. The first-order chi connectivity index (χ1) is 15.5. The standard InChI is InChI=1S/C22H25N5O3S2/c1-5-12-27-19(15-8-10-23-11-9-15)25-26-22(27)31-13-17(28)24-20-18(21(29)30-7-3)14(4)16(6-2)32-20/h5,8-11H,1,6-7,12-13H2,2-4H3,(H,24,28). The summed E-state index contributed by atoms with van der Waals surface area (Å²) in [6.45, 7) is 10.2. The summed E-state index contributed by atoms with van der Waals surface area (Å²) in [6.07, 6.45) is 5.91. The van der Waals surface area contributed by atoms with E-state index in [0.717, 1.165) is 22.4 Å². The van der Waals surface area contributed by atoms with Crippen LogP contribution in [0.3, 0.4) is 0 Å². The van der Waals surface area contributed by atoms with Gasteiger partial charge in [0.15, 0.2) is 11.0 Å². The molecule has 3 aromatic rings. The van der Waals surface area contributed by atoms with Gasteiger partial charge in [0.1, 0.15) is 5.00 Å². The monoisotopic (exact) mass is 471 g/mol. The molecule has 32 heavy (non-hydrogen) atoms. The maximum atomic E-state index is 12.7. The van der Waals surface area contributed by atoms with E-state index in [1.807, 2.05) is 30.5 Å². The van der Waals surface area contributed by atoms with E-state index >= 15 is 0 Å². The summed E-state index contributed by atoms with van der Waals surface area (Å²) >= 11 is 2.68. The molecular weight excluding hydrogens is 446 g/mol. The summed E-state index contributed by atoms with van der Waals surface area (Å²) in [4.78, 5) is 30.2. The topological polar surface area (TPSA) is 99.0 Å². The molecule has 3 rings (SSSR count). The van der Waals surface area contributed by atoms with E-state index in [1.165, 1.54) is 23.1 Å². The van der Waals surface area contributed by atoms with Crippen LogP contribution in [0.15, 0.2) is 42.3 Å². The molecule has 0 aliphatic heterocycles. The molecule has 1 N–H and O–H groups in total. The van der Waals surface area contributed by atoms with Crippen molar-refractivity contribution in [3.63, 3.8) is 0 Å². The number of nitrogens with zero attached hydrogens (tertiary/aromatic N) is 4. The van der Waals surface area contributed by atoms with E-state index in [2.05, 4.69) is 27.1 Å². The van der Waals surface area contributed by atoms with Crippen LogP contribution in [-0.2, 0) is 22.5 Å². The lowest BCUT2D eigenvalue weighted by Crippen LogP contribution is -2.17. The van der Waals surface area contributed by atoms with Gasteiger partial charge in [0.2, 0.25) is 5.91 Å². The first-order valence-electron chi connectivity index (χ1n) is 10.2. The van der Waals surface area contributed by atoms with Crippen LogP contribution in [0.4, 0.5) is 5.00 Å². The molecule has 0 fully saturated rings. The molecule has 0 aromatic carbocycles. The van der Waals surface area contributed by atoms with Crippen LogP contribution >= 0.6 is 23.1 Å². The van der Waals surface area contributed by atoms with E-state index in [1.54, 1.807) is 25.4 Å². The van der Waals surface area contributed by atoms with Crippen molar-refractivity contribution < 1.29 is 14.3 Å². The maximum absolute atomic E-state index is 12.7. The van der Waals surface area contributed by atoms with Gasteiger partial charge in [-0.3, -0.25) is 14.3 Å². The van der Waals surface area contributed by atoms with E-state index < -0.39 is 5.97 Å². The van der Waals surface area contributed by atoms with Crippen LogP contribution in [0.2, 0.25) is 0 Å². The minimum Gasteiger partial charge on any atom is -0.462 e. The molecule has 0 saturated carbocycles. The Morgan fingerprint density at radius 2 is 2.03 bits per heavy atom. The third-order valence-corrected chi connectivity index (χ3v) is 6.92. The van der Waals surface area contributed by atoms with Gasteiger partial charge in [0, 0.05) is 29.4 Å². The number of anilines is 1. The molecule has 10 heteroatoms. The van der Waals surface area contributed by atoms with Crippen molar-refractivity contribution in [3.05, 3.63) is 53.2 Å². The predicted molar refractivity (Wildman–Crippen MR) is 127 cm³/mol. The molecular formula is C22H25N5O3S2. The Hall–Kier alpha value is -2.98. The van der Waals surface area contributed by atoms with Gasteiger partial charge in [0.05, 0.1) is 17.9 Å². The quantitative estimate of drug-likeness (QED) is 0.266. The number of rotatable bonds is 10. The van der Waals surface area contributed by atoms with Crippen LogP contribution in [0.25, 0.3) is 11.4 Å². The fraction of sp³-hybridized carbons (Fsp3) is 0.318. The van der Waals surface area contributed by atoms with Gasteiger partial charge >= 0.3 is 5.97 Å². The molecule has 0 atom stereocenters. The molecule has 0 radical (unpaired) electrons. The third kappa shape index (κ3) is 5.25. The second kappa shape index (κ2) is 11.1. The number of esters is 1. The van der Waals surface area contributed by atoms with Gasteiger partial charge in [0.25, 0.3) is 0 Å². The molecule has 0 unspecified atom stereocenters. The normalized spacial score (nSPS) is 10.7. The number of amides is 1. The average Bonchev–Trinajstić information content (AvgIpc) is 3.33. The first kappa shape index (κ1) is 23.7. The number of hydrogen-bond acceptors (Lipinski definition) is 8. The van der Waals surface area contributed by atoms with Gasteiger partial charge < -0.3 is 10.1 Å². The molecule has 0 bridgehead atoms. The number of carbonyl (C=O) groups is 2. The van der Waals surface area contributed by atoms with Crippen LogP contribution in [-0.4, -0.2) is 44.0 Å². The lowest BCUT2D eigenvalue weighted by molar-refractivity contribution is -0.113. The van der Waals surface area contributed by atoms with Crippen molar-refractivity contribution >= 4 is 40.0 Å². The van der Waals surface area contributed by atoms with Crippen molar-refractivity contribution in [2.75, 3.05) is 17.7 Å². The zero-order chi connectivity index (χ0) is 23.1. The minimum absolute atomic E-state index is 0.117. The Balaban J connectivity index is 1.75.